The van der Waals surface area contributed by atoms with Crippen molar-refractivity contribution in [3.05, 3.63) is 0 Å². The number of fused-ring (bicyclic) bond motifs is 1. The molecule has 1 N–H and O–H groups in total. The summed E-state index contributed by atoms with van der Waals surface area (Å²) in [5.41, 5.74) is -0.645. The fourth-order valence-electron chi connectivity index (χ4n) is 3.09. The molecule has 0 bridgehead atoms. The van der Waals surface area contributed by atoms with E-state index in [9.17, 15) is 18.0 Å². The van der Waals surface area contributed by atoms with Crippen molar-refractivity contribution in [3.63, 3.8) is 0 Å². The molecule has 0 aliphatic carbocycles. The van der Waals surface area contributed by atoms with E-state index in [2.05, 4.69) is 0 Å². The summed E-state index contributed by atoms with van der Waals surface area (Å²) in [6, 6.07) is 0. The lowest BCUT2D eigenvalue weighted by molar-refractivity contribution is -0.138. The topological polar surface area (TPSA) is 101 Å². The first-order valence-electron chi connectivity index (χ1n) is 6.91. The predicted molar refractivity (Wildman–Crippen MR) is 74.6 cm³/mol. The number of nitrogens with zero attached hydrogens (tertiary/aromatic N) is 1. The number of carboxylic acids is 1. The molecule has 2 fully saturated rings. The van der Waals surface area contributed by atoms with Crippen molar-refractivity contribution < 1.29 is 27.9 Å². The summed E-state index contributed by atoms with van der Waals surface area (Å²) in [5.74, 6) is -1.84. The van der Waals surface area contributed by atoms with Gasteiger partial charge in [-0.1, -0.05) is 0 Å². The van der Waals surface area contributed by atoms with E-state index in [1.807, 2.05) is 0 Å². The molecule has 0 spiro atoms. The van der Waals surface area contributed by atoms with Gasteiger partial charge in [-0.2, -0.15) is 0 Å². The van der Waals surface area contributed by atoms with Crippen molar-refractivity contribution in [3.8, 4) is 0 Å². The molecule has 120 valence electrons. The third kappa shape index (κ3) is 3.48. The van der Waals surface area contributed by atoms with Crippen LogP contribution in [0.4, 0.5) is 4.79 Å². The normalized spacial score (nSPS) is 31.0. The first-order valence-corrected chi connectivity index (χ1v) is 8.62. The molecule has 2 aliphatic rings. The Bertz CT molecular complexity index is 549. The maximum atomic E-state index is 12.1. The molecule has 8 heteroatoms. The number of carbonyl (C=O) groups excluding carboxylic acids is 1. The molecule has 1 amide bonds. The zero-order chi connectivity index (χ0) is 16.0. The van der Waals surface area contributed by atoms with Gasteiger partial charge in [-0.05, 0) is 32.6 Å². The molecule has 0 radical (unpaired) electrons. The Morgan fingerprint density at radius 2 is 1.90 bits per heavy atom. The van der Waals surface area contributed by atoms with Crippen LogP contribution in [0.25, 0.3) is 0 Å². The first-order chi connectivity index (χ1) is 9.49. The highest BCUT2D eigenvalue weighted by Gasteiger charge is 2.53. The van der Waals surface area contributed by atoms with Crippen LogP contribution in [0, 0.1) is 11.8 Å². The molecule has 3 unspecified atom stereocenters. The standard InChI is InChI=1S/C13H21NO6S/c1-13(2,3)20-12(17)14-5-9-8(4-11(15)16)7-21(18,19)10(9)6-14/h8-10H,4-7H2,1-3H3,(H,15,16). The van der Waals surface area contributed by atoms with Crippen LogP contribution in [0.3, 0.4) is 0 Å². The Morgan fingerprint density at radius 3 is 2.43 bits per heavy atom. The van der Waals surface area contributed by atoms with Crippen molar-refractivity contribution in [2.24, 2.45) is 11.8 Å². The molecule has 21 heavy (non-hydrogen) atoms. The number of carbonyl (C=O) groups is 2. The minimum atomic E-state index is -3.34. The molecular formula is C13H21NO6S. The van der Waals surface area contributed by atoms with E-state index in [4.69, 9.17) is 9.84 Å². The summed E-state index contributed by atoms with van der Waals surface area (Å²) >= 11 is 0. The summed E-state index contributed by atoms with van der Waals surface area (Å²) in [7, 11) is -3.34. The van der Waals surface area contributed by atoms with Crippen molar-refractivity contribution in [1.82, 2.24) is 4.90 Å². The molecule has 3 atom stereocenters. The van der Waals surface area contributed by atoms with Gasteiger partial charge in [0.15, 0.2) is 9.84 Å². The van der Waals surface area contributed by atoms with Crippen LogP contribution < -0.4 is 0 Å². The van der Waals surface area contributed by atoms with Gasteiger partial charge in [-0.15, -0.1) is 0 Å². The van der Waals surface area contributed by atoms with E-state index in [0.29, 0.717) is 0 Å². The van der Waals surface area contributed by atoms with E-state index in [0.717, 1.165) is 0 Å². The fourth-order valence-corrected chi connectivity index (χ4v) is 5.54. The number of hydrogen-bond donors (Lipinski definition) is 1. The summed E-state index contributed by atoms with van der Waals surface area (Å²) in [6.45, 7) is 5.57. The second-order valence-electron chi connectivity index (χ2n) is 6.78. The summed E-state index contributed by atoms with van der Waals surface area (Å²) in [4.78, 5) is 24.3. The van der Waals surface area contributed by atoms with Crippen LogP contribution >= 0.6 is 0 Å². The molecule has 2 saturated heterocycles. The lowest BCUT2D eigenvalue weighted by Crippen LogP contribution is -2.37. The van der Waals surface area contributed by atoms with E-state index in [1.54, 1.807) is 20.8 Å². The molecule has 7 nitrogen and oxygen atoms in total. The Morgan fingerprint density at radius 1 is 1.29 bits per heavy atom. The monoisotopic (exact) mass is 319 g/mol. The van der Waals surface area contributed by atoms with Crippen molar-refractivity contribution >= 4 is 21.9 Å². The second kappa shape index (κ2) is 5.15. The maximum Gasteiger partial charge on any atom is 0.410 e. The quantitative estimate of drug-likeness (QED) is 0.805. The van der Waals surface area contributed by atoms with Crippen LogP contribution in [0.5, 0.6) is 0 Å². The number of rotatable bonds is 2. The van der Waals surface area contributed by atoms with Crippen molar-refractivity contribution in [2.45, 2.75) is 38.0 Å². The predicted octanol–water partition coefficient (Wildman–Crippen LogP) is 0.741. The molecular weight excluding hydrogens is 298 g/mol. The lowest BCUT2D eigenvalue weighted by atomic mass is 9.91. The van der Waals surface area contributed by atoms with Gasteiger partial charge in [0.2, 0.25) is 0 Å². The average molecular weight is 319 g/mol. The third-order valence-corrected chi connectivity index (χ3v) is 6.22. The number of sulfone groups is 1. The summed E-state index contributed by atoms with van der Waals surface area (Å²) < 4.78 is 29.5. The van der Waals surface area contributed by atoms with Gasteiger partial charge >= 0.3 is 12.1 Å². The van der Waals surface area contributed by atoms with Gasteiger partial charge in [-0.3, -0.25) is 4.79 Å². The number of ether oxygens (including phenoxy) is 1. The number of carboxylic acid groups (broad SMARTS) is 1. The van der Waals surface area contributed by atoms with Crippen LogP contribution in [0.2, 0.25) is 0 Å². The van der Waals surface area contributed by atoms with Gasteiger partial charge in [0.1, 0.15) is 5.60 Å². The zero-order valence-corrected chi connectivity index (χ0v) is 13.2. The average Bonchev–Trinajstić information content (AvgIpc) is 2.77. The van der Waals surface area contributed by atoms with Crippen molar-refractivity contribution in [2.75, 3.05) is 18.8 Å². The number of aliphatic carboxylic acids is 1. The molecule has 0 saturated carbocycles. The Hall–Kier alpha value is -1.31. The zero-order valence-electron chi connectivity index (χ0n) is 12.4. The number of hydrogen-bond acceptors (Lipinski definition) is 5. The molecule has 2 aliphatic heterocycles. The van der Waals surface area contributed by atoms with Crippen LogP contribution in [0.15, 0.2) is 0 Å². The minimum Gasteiger partial charge on any atom is -0.481 e. The second-order valence-corrected chi connectivity index (χ2v) is 9.04. The molecule has 0 aromatic heterocycles. The van der Waals surface area contributed by atoms with E-state index in [-0.39, 0.29) is 31.2 Å². The highest BCUT2D eigenvalue weighted by atomic mass is 32.2. The number of likely N-dealkylation sites (tertiary alicyclic amines) is 1. The van der Waals surface area contributed by atoms with E-state index >= 15 is 0 Å². The minimum absolute atomic E-state index is 0.0953. The molecule has 2 heterocycles. The SMILES string of the molecule is CC(C)(C)OC(=O)N1CC2C(CC(=O)O)CS(=O)(=O)C2C1. The van der Waals surface area contributed by atoms with Gasteiger partial charge in [-0.25, -0.2) is 13.2 Å². The highest BCUT2D eigenvalue weighted by Crippen LogP contribution is 2.39. The highest BCUT2D eigenvalue weighted by molar-refractivity contribution is 7.92. The third-order valence-electron chi connectivity index (χ3n) is 3.91. The van der Waals surface area contributed by atoms with E-state index in [1.165, 1.54) is 4.90 Å². The van der Waals surface area contributed by atoms with Crippen molar-refractivity contribution in [1.29, 1.82) is 0 Å². The molecule has 2 rings (SSSR count). The molecule has 0 aromatic carbocycles. The van der Waals surface area contributed by atoms with Crippen LogP contribution in [-0.2, 0) is 19.4 Å². The van der Waals surface area contributed by atoms with Gasteiger partial charge in [0.25, 0.3) is 0 Å². The maximum absolute atomic E-state index is 12.1. The van der Waals surface area contributed by atoms with Gasteiger partial charge < -0.3 is 14.7 Å². The lowest BCUT2D eigenvalue weighted by Gasteiger charge is -2.25. The Kier molecular flexibility index (Phi) is 3.94. The van der Waals surface area contributed by atoms with Crippen LogP contribution in [0.1, 0.15) is 27.2 Å². The number of amides is 1. The van der Waals surface area contributed by atoms with Gasteiger partial charge in [0.05, 0.1) is 11.0 Å². The summed E-state index contributed by atoms with van der Waals surface area (Å²) in [6.07, 6.45) is -0.719. The largest absolute Gasteiger partial charge is 0.481 e. The molecule has 0 aromatic rings. The first kappa shape index (κ1) is 16.1. The fraction of sp³-hybridized carbons (Fsp3) is 0.846. The van der Waals surface area contributed by atoms with E-state index < -0.39 is 38.7 Å². The van der Waals surface area contributed by atoms with Gasteiger partial charge in [0, 0.05) is 19.5 Å². The van der Waals surface area contributed by atoms with Crippen LogP contribution in [-0.4, -0.2) is 60.2 Å². The summed E-state index contributed by atoms with van der Waals surface area (Å²) in [5, 5.41) is 8.23. The Labute approximate surface area is 124 Å². The Balaban J connectivity index is 2.11. The smallest absolute Gasteiger partial charge is 0.410 e.